The van der Waals surface area contributed by atoms with Crippen LogP contribution in [0.3, 0.4) is 0 Å². The highest BCUT2D eigenvalue weighted by molar-refractivity contribution is 6.35. The van der Waals surface area contributed by atoms with Gasteiger partial charge in [-0.25, -0.2) is 5.43 Å². The van der Waals surface area contributed by atoms with Crippen LogP contribution in [-0.4, -0.2) is 35.5 Å². The number of anilines is 1. The van der Waals surface area contributed by atoms with E-state index in [9.17, 15) is 14.4 Å². The van der Waals surface area contributed by atoms with Crippen molar-refractivity contribution in [3.63, 3.8) is 0 Å². The third-order valence-corrected chi connectivity index (χ3v) is 4.37. The molecule has 1 aromatic heterocycles. The normalized spacial score (nSPS) is 10.5. The number of hydrogen-bond acceptors (Lipinski definition) is 6. The second kappa shape index (κ2) is 11.8. The Kier molecular flexibility index (Phi) is 8.24. The zero-order valence-corrected chi connectivity index (χ0v) is 17.9. The monoisotopic (exact) mass is 445 g/mol. The van der Waals surface area contributed by atoms with Gasteiger partial charge in [-0.1, -0.05) is 17.7 Å². The number of nitrogens with zero attached hydrogens (tertiary/aromatic N) is 2. The average molecular weight is 445 g/mol. The van der Waals surface area contributed by atoms with E-state index in [1.807, 2.05) is 31.2 Å². The largest absolute Gasteiger partial charge is 0.484 e. The molecule has 0 aliphatic rings. The van der Waals surface area contributed by atoms with E-state index in [4.69, 9.17) is 4.74 Å². The lowest BCUT2D eigenvalue weighted by atomic mass is 10.2. The fourth-order valence-corrected chi connectivity index (χ4v) is 2.61. The zero-order chi connectivity index (χ0) is 23.5. The van der Waals surface area contributed by atoms with Crippen molar-refractivity contribution in [3.05, 3.63) is 89.7 Å². The Morgan fingerprint density at radius 2 is 1.64 bits per heavy atom. The van der Waals surface area contributed by atoms with E-state index in [0.29, 0.717) is 17.0 Å². The number of rotatable bonds is 8. The summed E-state index contributed by atoms with van der Waals surface area (Å²) in [4.78, 5) is 39.5. The van der Waals surface area contributed by atoms with E-state index in [1.54, 1.807) is 48.8 Å². The summed E-state index contributed by atoms with van der Waals surface area (Å²) in [6, 6.07) is 17.7. The van der Waals surface area contributed by atoms with Crippen LogP contribution in [0.5, 0.6) is 5.75 Å². The van der Waals surface area contributed by atoms with Gasteiger partial charge in [0.05, 0.1) is 6.21 Å². The van der Waals surface area contributed by atoms with Crippen LogP contribution in [0.25, 0.3) is 0 Å². The first-order valence-corrected chi connectivity index (χ1v) is 10.1. The minimum absolute atomic E-state index is 0.133. The minimum atomic E-state index is -0.875. The van der Waals surface area contributed by atoms with E-state index < -0.39 is 11.8 Å². The first kappa shape index (κ1) is 23.1. The molecule has 3 rings (SSSR count). The first-order chi connectivity index (χ1) is 16.0. The van der Waals surface area contributed by atoms with Gasteiger partial charge >= 0.3 is 11.8 Å². The molecule has 0 radical (unpaired) electrons. The van der Waals surface area contributed by atoms with Gasteiger partial charge < -0.3 is 15.4 Å². The molecule has 0 saturated carbocycles. The summed E-state index contributed by atoms with van der Waals surface area (Å²) in [5.41, 5.74) is 5.48. The summed E-state index contributed by atoms with van der Waals surface area (Å²) >= 11 is 0. The quantitative estimate of drug-likeness (QED) is 0.279. The number of pyridine rings is 1. The third kappa shape index (κ3) is 7.91. The highest BCUT2D eigenvalue weighted by atomic mass is 16.5. The summed E-state index contributed by atoms with van der Waals surface area (Å²) < 4.78 is 5.47. The van der Waals surface area contributed by atoms with Crippen LogP contribution in [0.2, 0.25) is 0 Å². The number of hydrazone groups is 1. The molecule has 3 aromatic rings. The maximum atomic E-state index is 12.0. The van der Waals surface area contributed by atoms with Crippen molar-refractivity contribution in [2.45, 2.75) is 13.5 Å². The van der Waals surface area contributed by atoms with E-state index >= 15 is 0 Å². The standard InChI is InChI=1S/C24H23N5O4/c1-17-2-6-20(7-3-17)28-22(30)16-33-21-8-4-18(5-9-21)15-27-29-24(32)23(31)26-14-19-10-12-25-13-11-19/h2-13,15H,14,16H2,1H3,(H,26,31)(H,28,30)(H,29,32)/b27-15-. The average Bonchev–Trinajstić information content (AvgIpc) is 2.84. The van der Waals surface area contributed by atoms with Gasteiger partial charge in [-0.05, 0) is 66.6 Å². The van der Waals surface area contributed by atoms with Crippen molar-refractivity contribution in [1.82, 2.24) is 15.7 Å². The number of benzene rings is 2. The summed E-state index contributed by atoms with van der Waals surface area (Å²) in [7, 11) is 0. The fraction of sp³-hybridized carbons (Fsp3) is 0.125. The van der Waals surface area contributed by atoms with Crippen molar-refractivity contribution in [2.75, 3.05) is 11.9 Å². The van der Waals surface area contributed by atoms with Crippen LogP contribution in [-0.2, 0) is 20.9 Å². The smallest absolute Gasteiger partial charge is 0.329 e. The van der Waals surface area contributed by atoms with Gasteiger partial charge in [-0.2, -0.15) is 5.10 Å². The topological polar surface area (TPSA) is 122 Å². The van der Waals surface area contributed by atoms with Gasteiger partial charge in [-0.3, -0.25) is 19.4 Å². The first-order valence-electron chi connectivity index (χ1n) is 10.1. The molecule has 9 heteroatoms. The second-order valence-electron chi connectivity index (χ2n) is 7.01. The Morgan fingerprint density at radius 1 is 0.939 bits per heavy atom. The van der Waals surface area contributed by atoms with Gasteiger partial charge in [-0.15, -0.1) is 0 Å². The molecule has 3 amide bonds. The number of carbonyl (C=O) groups is 3. The number of carbonyl (C=O) groups excluding carboxylic acids is 3. The number of ether oxygens (including phenoxy) is 1. The van der Waals surface area contributed by atoms with Crippen LogP contribution < -0.4 is 20.8 Å². The Balaban J connectivity index is 1.39. The summed E-state index contributed by atoms with van der Waals surface area (Å²) in [6.45, 7) is 2.05. The third-order valence-electron chi connectivity index (χ3n) is 4.37. The number of amides is 3. The molecule has 33 heavy (non-hydrogen) atoms. The van der Waals surface area contributed by atoms with Crippen molar-refractivity contribution in [1.29, 1.82) is 0 Å². The zero-order valence-electron chi connectivity index (χ0n) is 17.9. The molecule has 9 nitrogen and oxygen atoms in total. The number of nitrogens with one attached hydrogen (secondary N) is 3. The molecular weight excluding hydrogens is 422 g/mol. The molecule has 2 aromatic carbocycles. The Bertz CT molecular complexity index is 1110. The second-order valence-corrected chi connectivity index (χ2v) is 7.01. The molecule has 0 aliphatic heterocycles. The molecule has 0 atom stereocenters. The van der Waals surface area contributed by atoms with Crippen molar-refractivity contribution in [3.8, 4) is 5.75 Å². The molecule has 0 fully saturated rings. The summed E-state index contributed by atoms with van der Waals surface area (Å²) in [5, 5.41) is 9.02. The van der Waals surface area contributed by atoms with Crippen molar-refractivity contribution >= 4 is 29.6 Å². The van der Waals surface area contributed by atoms with Crippen LogP contribution >= 0.6 is 0 Å². The van der Waals surface area contributed by atoms with Crippen molar-refractivity contribution in [2.24, 2.45) is 5.10 Å². The Morgan fingerprint density at radius 3 is 2.33 bits per heavy atom. The van der Waals surface area contributed by atoms with Gasteiger partial charge in [0.15, 0.2) is 6.61 Å². The fourth-order valence-electron chi connectivity index (χ4n) is 2.61. The predicted octanol–water partition coefficient (Wildman–Crippen LogP) is 2.17. The lowest BCUT2D eigenvalue weighted by Gasteiger charge is -2.08. The predicted molar refractivity (Wildman–Crippen MR) is 124 cm³/mol. The highest BCUT2D eigenvalue weighted by Gasteiger charge is 2.11. The van der Waals surface area contributed by atoms with Crippen molar-refractivity contribution < 1.29 is 19.1 Å². The molecule has 3 N–H and O–H groups in total. The number of hydrogen-bond donors (Lipinski definition) is 3. The lowest BCUT2D eigenvalue weighted by Crippen LogP contribution is -2.37. The Labute approximate surface area is 190 Å². The van der Waals surface area contributed by atoms with Gasteiger partial charge in [0.2, 0.25) is 0 Å². The van der Waals surface area contributed by atoms with E-state index in [1.165, 1.54) is 6.21 Å². The van der Waals surface area contributed by atoms with Crippen LogP contribution in [0, 0.1) is 6.92 Å². The molecule has 0 aliphatic carbocycles. The van der Waals surface area contributed by atoms with Gasteiger partial charge in [0.25, 0.3) is 5.91 Å². The van der Waals surface area contributed by atoms with Gasteiger partial charge in [0, 0.05) is 24.6 Å². The number of aromatic nitrogens is 1. The van der Waals surface area contributed by atoms with E-state index in [0.717, 1.165) is 11.1 Å². The van der Waals surface area contributed by atoms with E-state index in [-0.39, 0.29) is 19.1 Å². The molecule has 0 bridgehead atoms. The van der Waals surface area contributed by atoms with Crippen LogP contribution in [0.4, 0.5) is 5.69 Å². The van der Waals surface area contributed by atoms with Crippen LogP contribution in [0.1, 0.15) is 16.7 Å². The Hall–Kier alpha value is -4.53. The highest BCUT2D eigenvalue weighted by Crippen LogP contribution is 2.12. The minimum Gasteiger partial charge on any atom is -0.484 e. The van der Waals surface area contributed by atoms with Gasteiger partial charge in [0.1, 0.15) is 5.75 Å². The summed E-state index contributed by atoms with van der Waals surface area (Å²) in [5.74, 6) is -1.43. The maximum Gasteiger partial charge on any atom is 0.329 e. The molecule has 0 spiro atoms. The maximum absolute atomic E-state index is 12.0. The molecular formula is C24H23N5O4. The summed E-state index contributed by atoms with van der Waals surface area (Å²) in [6.07, 6.45) is 4.59. The molecule has 0 saturated heterocycles. The molecule has 0 unspecified atom stereocenters. The number of aryl methyl sites for hydroxylation is 1. The van der Waals surface area contributed by atoms with Crippen LogP contribution in [0.15, 0.2) is 78.2 Å². The molecule has 168 valence electrons. The SMILES string of the molecule is Cc1ccc(NC(=O)COc2ccc(/C=N\NC(=O)C(=O)NCc3ccncc3)cc2)cc1. The lowest BCUT2D eigenvalue weighted by molar-refractivity contribution is -0.139. The molecule has 1 heterocycles. The van der Waals surface area contributed by atoms with E-state index in [2.05, 4.69) is 26.1 Å².